The Morgan fingerprint density at radius 3 is 2.58 bits per heavy atom. The molecule has 0 radical (unpaired) electrons. The highest BCUT2D eigenvalue weighted by molar-refractivity contribution is 5.80. The number of hydrogen-bond donors (Lipinski definition) is 4. The van der Waals surface area contributed by atoms with Gasteiger partial charge in [0.1, 0.15) is 6.04 Å². The molecule has 8 atom stereocenters. The van der Waals surface area contributed by atoms with Crippen molar-refractivity contribution in [3.05, 3.63) is 0 Å². The zero-order valence-electron chi connectivity index (χ0n) is 18.1. The fraction of sp³-hybridized carbons (Fsp3) is 0.909. The molecule has 0 bridgehead atoms. The van der Waals surface area contributed by atoms with Crippen molar-refractivity contribution in [3.63, 3.8) is 0 Å². The number of nitrogens with one attached hydrogen (secondary N) is 4. The van der Waals surface area contributed by atoms with Gasteiger partial charge in [-0.2, -0.15) is 13.2 Å². The summed E-state index contributed by atoms with van der Waals surface area (Å²) in [5, 5.41) is 12.0. The summed E-state index contributed by atoms with van der Waals surface area (Å²) in [6.45, 7) is 3.72. The largest absolute Gasteiger partial charge is 0.403 e. The predicted molar refractivity (Wildman–Crippen MR) is 110 cm³/mol. The zero-order chi connectivity index (χ0) is 22.2. The molecule has 3 heterocycles. The fourth-order valence-electron chi connectivity index (χ4n) is 6.53. The smallest absolute Gasteiger partial charge is 0.356 e. The third kappa shape index (κ3) is 5.02. The molecule has 3 aliphatic heterocycles. The quantitative estimate of drug-likeness (QED) is 0.536. The number of alkyl halides is 3. The average molecular weight is 445 g/mol. The molecular formula is C22H35F3N4O2. The van der Waals surface area contributed by atoms with Crippen LogP contribution < -0.4 is 21.3 Å². The molecule has 0 spiro atoms. The van der Waals surface area contributed by atoms with Crippen molar-refractivity contribution >= 4 is 11.8 Å². The number of rotatable bonds is 3. The molecule has 31 heavy (non-hydrogen) atoms. The molecule has 0 aromatic rings. The first-order valence-corrected chi connectivity index (χ1v) is 11.9. The predicted octanol–water partition coefficient (Wildman–Crippen LogP) is 1.95. The van der Waals surface area contributed by atoms with Gasteiger partial charge in [-0.1, -0.05) is 13.3 Å². The van der Waals surface area contributed by atoms with Crippen molar-refractivity contribution in [3.8, 4) is 0 Å². The normalized spacial score (nSPS) is 41.7. The van der Waals surface area contributed by atoms with E-state index in [9.17, 15) is 22.8 Å². The van der Waals surface area contributed by atoms with E-state index in [1.807, 2.05) is 0 Å². The van der Waals surface area contributed by atoms with Crippen molar-refractivity contribution < 1.29 is 22.8 Å². The standard InChI is InChI=1S/C22H35F3N4O2/c1-12-9-13(20(30)29-14-5-7-26-18(10-14)22(23,24)25)11-28-19(12)16-3-2-4-17-15(16)6-8-27-21(17)31/h12-19,26,28H,2-11H2,1H3,(H,27,31)(H,29,30). The Balaban J connectivity index is 1.31. The summed E-state index contributed by atoms with van der Waals surface area (Å²) in [7, 11) is 0. The SMILES string of the molecule is CC1CC(C(=O)NC2CCNC(C(F)(F)F)C2)CNC1C1CCCC2C(=O)NCCC21. The number of carbonyl (C=O) groups is 2. The monoisotopic (exact) mass is 444 g/mol. The van der Waals surface area contributed by atoms with Crippen LogP contribution in [0.3, 0.4) is 0 Å². The van der Waals surface area contributed by atoms with Gasteiger partial charge in [0, 0.05) is 31.1 Å². The number of fused-ring (bicyclic) bond motifs is 1. The van der Waals surface area contributed by atoms with Gasteiger partial charge >= 0.3 is 6.18 Å². The Morgan fingerprint density at radius 2 is 1.84 bits per heavy atom. The summed E-state index contributed by atoms with van der Waals surface area (Å²) in [6.07, 6.45) is 1.01. The first-order chi connectivity index (χ1) is 14.7. The summed E-state index contributed by atoms with van der Waals surface area (Å²) in [4.78, 5) is 25.1. The Hall–Kier alpha value is -1.35. The van der Waals surface area contributed by atoms with E-state index >= 15 is 0 Å². The molecule has 176 valence electrons. The van der Waals surface area contributed by atoms with Crippen molar-refractivity contribution in [2.24, 2.45) is 29.6 Å². The molecule has 1 saturated carbocycles. The Kier molecular flexibility index (Phi) is 6.82. The maximum atomic E-state index is 13.0. The van der Waals surface area contributed by atoms with Crippen LogP contribution in [0.25, 0.3) is 0 Å². The van der Waals surface area contributed by atoms with Gasteiger partial charge in [0.2, 0.25) is 11.8 Å². The van der Waals surface area contributed by atoms with Gasteiger partial charge in [-0.3, -0.25) is 9.59 Å². The van der Waals surface area contributed by atoms with Gasteiger partial charge in [0.15, 0.2) is 0 Å². The van der Waals surface area contributed by atoms with Crippen LogP contribution in [0, 0.1) is 29.6 Å². The molecule has 2 amide bonds. The number of amides is 2. The first kappa shape index (κ1) is 22.8. The number of carbonyl (C=O) groups excluding carboxylic acids is 2. The maximum Gasteiger partial charge on any atom is 0.403 e. The van der Waals surface area contributed by atoms with E-state index in [1.165, 1.54) is 0 Å². The summed E-state index contributed by atoms with van der Waals surface area (Å²) < 4.78 is 39.0. The summed E-state index contributed by atoms with van der Waals surface area (Å²) >= 11 is 0. The van der Waals surface area contributed by atoms with Gasteiger partial charge in [-0.15, -0.1) is 0 Å². The highest BCUT2D eigenvalue weighted by atomic mass is 19.4. The molecule has 0 aromatic heterocycles. The molecule has 4 N–H and O–H groups in total. The van der Waals surface area contributed by atoms with Crippen LogP contribution in [0.2, 0.25) is 0 Å². The minimum Gasteiger partial charge on any atom is -0.356 e. The summed E-state index contributed by atoms with van der Waals surface area (Å²) in [5.74, 6) is 1.09. The van der Waals surface area contributed by atoms with Crippen LogP contribution in [0.4, 0.5) is 13.2 Å². The van der Waals surface area contributed by atoms with Crippen LogP contribution in [0.5, 0.6) is 0 Å². The molecule has 4 aliphatic rings. The van der Waals surface area contributed by atoms with Crippen LogP contribution in [0.1, 0.15) is 51.9 Å². The molecule has 9 heteroatoms. The van der Waals surface area contributed by atoms with Crippen molar-refractivity contribution in [2.75, 3.05) is 19.6 Å². The maximum absolute atomic E-state index is 13.0. The van der Waals surface area contributed by atoms with E-state index in [1.54, 1.807) is 0 Å². The second kappa shape index (κ2) is 9.25. The molecular weight excluding hydrogens is 409 g/mol. The lowest BCUT2D eigenvalue weighted by molar-refractivity contribution is -0.162. The minimum absolute atomic E-state index is 0.110. The highest BCUT2D eigenvalue weighted by Crippen LogP contribution is 2.43. The lowest BCUT2D eigenvalue weighted by Gasteiger charge is -2.48. The average Bonchev–Trinajstić information content (AvgIpc) is 2.73. The third-order valence-electron chi connectivity index (χ3n) is 8.08. The number of halogens is 3. The van der Waals surface area contributed by atoms with Crippen molar-refractivity contribution in [1.29, 1.82) is 0 Å². The molecule has 6 nitrogen and oxygen atoms in total. The second-order valence-electron chi connectivity index (χ2n) is 10.1. The summed E-state index contributed by atoms with van der Waals surface area (Å²) in [6, 6.07) is -1.70. The third-order valence-corrected chi connectivity index (χ3v) is 8.08. The lowest BCUT2D eigenvalue weighted by Crippen LogP contribution is -2.58. The first-order valence-electron chi connectivity index (χ1n) is 11.9. The van der Waals surface area contributed by atoms with Crippen LogP contribution in [-0.2, 0) is 9.59 Å². The Morgan fingerprint density at radius 1 is 1.03 bits per heavy atom. The molecule has 8 unspecified atom stereocenters. The van der Waals surface area contributed by atoms with E-state index in [0.717, 1.165) is 38.6 Å². The van der Waals surface area contributed by atoms with E-state index in [-0.39, 0.29) is 48.6 Å². The topological polar surface area (TPSA) is 82.3 Å². The molecule has 1 aliphatic carbocycles. The second-order valence-corrected chi connectivity index (χ2v) is 10.1. The van der Waals surface area contributed by atoms with Crippen LogP contribution in [-0.4, -0.2) is 55.8 Å². The molecule has 3 saturated heterocycles. The zero-order valence-corrected chi connectivity index (χ0v) is 18.1. The summed E-state index contributed by atoms with van der Waals surface area (Å²) in [5.41, 5.74) is 0. The van der Waals surface area contributed by atoms with E-state index in [0.29, 0.717) is 24.8 Å². The van der Waals surface area contributed by atoms with Crippen LogP contribution >= 0.6 is 0 Å². The van der Waals surface area contributed by atoms with Gasteiger partial charge in [-0.25, -0.2) is 0 Å². The van der Waals surface area contributed by atoms with E-state index in [4.69, 9.17) is 0 Å². The minimum atomic E-state index is -4.29. The van der Waals surface area contributed by atoms with Gasteiger partial charge in [0.25, 0.3) is 0 Å². The highest BCUT2D eigenvalue weighted by Gasteiger charge is 2.46. The van der Waals surface area contributed by atoms with Gasteiger partial charge in [0.05, 0.1) is 5.92 Å². The molecule has 0 aromatic carbocycles. The van der Waals surface area contributed by atoms with Crippen molar-refractivity contribution in [2.45, 2.75) is 76.2 Å². The van der Waals surface area contributed by atoms with E-state index < -0.39 is 18.3 Å². The van der Waals surface area contributed by atoms with Crippen LogP contribution in [0.15, 0.2) is 0 Å². The number of hydrogen-bond acceptors (Lipinski definition) is 4. The number of piperidine rings is 3. The lowest BCUT2D eigenvalue weighted by atomic mass is 9.63. The Bertz CT molecular complexity index is 674. The Labute approximate surface area is 181 Å². The van der Waals surface area contributed by atoms with E-state index in [2.05, 4.69) is 28.2 Å². The van der Waals surface area contributed by atoms with Crippen molar-refractivity contribution in [1.82, 2.24) is 21.3 Å². The van der Waals surface area contributed by atoms with Gasteiger partial charge < -0.3 is 21.3 Å². The molecule has 4 rings (SSSR count). The molecule has 4 fully saturated rings. The van der Waals surface area contributed by atoms with Gasteiger partial charge in [-0.05, 0) is 62.8 Å². The fourth-order valence-corrected chi connectivity index (χ4v) is 6.53.